The highest BCUT2D eigenvalue weighted by Gasteiger charge is 2.19. The van der Waals surface area contributed by atoms with E-state index in [-0.39, 0.29) is 5.97 Å². The van der Waals surface area contributed by atoms with Crippen LogP contribution in [0.1, 0.15) is 34.2 Å². The molecule has 0 bridgehead atoms. The lowest BCUT2D eigenvalue weighted by Crippen LogP contribution is -2.09. The number of aromatic amines is 1. The molecular weight excluding hydrogens is 242 g/mol. The van der Waals surface area contributed by atoms with Crippen LogP contribution in [0, 0.1) is 6.92 Å². The van der Waals surface area contributed by atoms with E-state index in [4.69, 9.17) is 10.5 Å². The van der Waals surface area contributed by atoms with E-state index in [9.17, 15) is 4.79 Å². The van der Waals surface area contributed by atoms with Crippen molar-refractivity contribution >= 4 is 11.7 Å². The smallest absolute Gasteiger partial charge is 0.341 e. The molecule has 3 N–H and O–H groups in total. The molecule has 0 aliphatic carbocycles. The Morgan fingerprint density at radius 1 is 1.42 bits per heavy atom. The molecule has 1 aromatic heterocycles. The van der Waals surface area contributed by atoms with Gasteiger partial charge in [-0.1, -0.05) is 18.2 Å². The quantitative estimate of drug-likeness (QED) is 0.650. The van der Waals surface area contributed by atoms with Crippen molar-refractivity contribution in [3.05, 3.63) is 46.8 Å². The Balaban J connectivity index is 2.31. The maximum atomic E-state index is 11.9. The van der Waals surface area contributed by atoms with Gasteiger partial charge in [-0.2, -0.15) is 5.10 Å². The van der Waals surface area contributed by atoms with Crippen molar-refractivity contribution < 1.29 is 9.53 Å². The lowest BCUT2D eigenvalue weighted by molar-refractivity contribution is 0.0524. The topological polar surface area (TPSA) is 81.0 Å². The molecule has 2 rings (SSSR count). The molecule has 1 heterocycles. The minimum absolute atomic E-state index is 0.344. The molecule has 5 heteroatoms. The van der Waals surface area contributed by atoms with Crippen LogP contribution in [0.2, 0.25) is 0 Å². The number of aryl methyl sites for hydroxylation is 1. The third-order valence-electron chi connectivity index (χ3n) is 2.91. The van der Waals surface area contributed by atoms with Gasteiger partial charge in [0.05, 0.1) is 12.3 Å². The maximum Gasteiger partial charge on any atom is 0.341 e. The largest absolute Gasteiger partial charge is 0.462 e. The van der Waals surface area contributed by atoms with E-state index in [1.54, 1.807) is 13.8 Å². The monoisotopic (exact) mass is 259 g/mol. The molecule has 0 radical (unpaired) electrons. The molecule has 0 aliphatic rings. The van der Waals surface area contributed by atoms with Crippen molar-refractivity contribution in [3.63, 3.8) is 0 Å². The van der Waals surface area contributed by atoms with Crippen molar-refractivity contribution in [2.24, 2.45) is 0 Å². The maximum absolute atomic E-state index is 11.9. The number of aromatic nitrogens is 2. The molecule has 19 heavy (non-hydrogen) atoms. The van der Waals surface area contributed by atoms with Gasteiger partial charge in [0, 0.05) is 17.8 Å². The van der Waals surface area contributed by atoms with Gasteiger partial charge < -0.3 is 10.5 Å². The van der Waals surface area contributed by atoms with Crippen molar-refractivity contribution in [1.82, 2.24) is 10.2 Å². The molecule has 1 aromatic carbocycles. The third-order valence-corrected chi connectivity index (χ3v) is 2.91. The fourth-order valence-electron chi connectivity index (χ4n) is 1.96. The van der Waals surface area contributed by atoms with Crippen molar-refractivity contribution in [2.45, 2.75) is 20.3 Å². The average Bonchev–Trinajstić information content (AvgIpc) is 2.74. The Labute approximate surface area is 111 Å². The average molecular weight is 259 g/mol. The summed E-state index contributed by atoms with van der Waals surface area (Å²) in [5, 5.41) is 7.00. The van der Waals surface area contributed by atoms with Crippen LogP contribution in [0.5, 0.6) is 0 Å². The first kappa shape index (κ1) is 13.1. The molecule has 100 valence electrons. The van der Waals surface area contributed by atoms with Crippen molar-refractivity contribution in [2.75, 3.05) is 12.3 Å². The van der Waals surface area contributed by atoms with E-state index in [0.717, 1.165) is 5.56 Å². The second kappa shape index (κ2) is 5.56. The Morgan fingerprint density at radius 3 is 2.84 bits per heavy atom. The normalized spacial score (nSPS) is 10.4. The highest BCUT2D eigenvalue weighted by molar-refractivity contribution is 5.92. The number of esters is 1. The molecule has 0 saturated heterocycles. The van der Waals surface area contributed by atoms with Gasteiger partial charge in [0.25, 0.3) is 0 Å². The highest BCUT2D eigenvalue weighted by Crippen LogP contribution is 2.19. The lowest BCUT2D eigenvalue weighted by atomic mass is 10.0. The fourth-order valence-corrected chi connectivity index (χ4v) is 1.96. The number of nitrogens with one attached hydrogen (secondary N) is 1. The Bertz CT molecular complexity index is 590. The molecule has 0 fully saturated rings. The number of nitrogens with two attached hydrogens (primary N) is 1. The summed E-state index contributed by atoms with van der Waals surface area (Å²) in [6.45, 7) is 3.93. The molecule has 0 spiro atoms. The number of ether oxygens (including phenoxy) is 1. The summed E-state index contributed by atoms with van der Waals surface area (Å²) in [4.78, 5) is 11.9. The van der Waals surface area contributed by atoms with Crippen LogP contribution >= 0.6 is 0 Å². The van der Waals surface area contributed by atoms with Crippen LogP contribution in [0.25, 0.3) is 0 Å². The van der Waals surface area contributed by atoms with E-state index in [1.165, 1.54) is 0 Å². The number of nitrogens with zero attached hydrogens (tertiary/aromatic N) is 1. The lowest BCUT2D eigenvalue weighted by Gasteiger charge is -2.06. The summed E-state index contributed by atoms with van der Waals surface area (Å²) in [6.07, 6.45) is 0.505. The SMILES string of the molecule is CCOC(=O)c1c(Cc2ccccc2N)n[nH]c1C. The minimum Gasteiger partial charge on any atom is -0.462 e. The first-order valence-electron chi connectivity index (χ1n) is 6.17. The van der Waals surface area contributed by atoms with Gasteiger partial charge in [-0.05, 0) is 25.5 Å². The number of rotatable bonds is 4. The van der Waals surface area contributed by atoms with Gasteiger partial charge >= 0.3 is 5.97 Å². The third kappa shape index (κ3) is 2.76. The van der Waals surface area contributed by atoms with E-state index in [1.807, 2.05) is 24.3 Å². The van der Waals surface area contributed by atoms with Gasteiger partial charge in [0.15, 0.2) is 0 Å². The minimum atomic E-state index is -0.349. The summed E-state index contributed by atoms with van der Waals surface area (Å²) < 4.78 is 5.05. The number of anilines is 1. The number of H-pyrrole nitrogens is 1. The van der Waals surface area contributed by atoms with Crippen LogP contribution in [0.15, 0.2) is 24.3 Å². The Hall–Kier alpha value is -2.30. The Kier molecular flexibility index (Phi) is 3.85. The molecule has 0 saturated carbocycles. The summed E-state index contributed by atoms with van der Waals surface area (Å²) in [5.41, 5.74) is 9.42. The summed E-state index contributed by atoms with van der Waals surface area (Å²) >= 11 is 0. The number of benzene rings is 1. The molecule has 0 atom stereocenters. The second-order valence-electron chi connectivity index (χ2n) is 4.27. The number of para-hydroxylation sites is 1. The number of nitrogen functional groups attached to an aromatic ring is 1. The molecule has 0 aliphatic heterocycles. The van der Waals surface area contributed by atoms with Crippen LogP contribution < -0.4 is 5.73 Å². The highest BCUT2D eigenvalue weighted by atomic mass is 16.5. The zero-order chi connectivity index (χ0) is 13.8. The first-order chi connectivity index (χ1) is 9.13. The molecule has 5 nitrogen and oxygen atoms in total. The van der Waals surface area contributed by atoms with Gasteiger partial charge in [0.1, 0.15) is 5.56 Å². The zero-order valence-electron chi connectivity index (χ0n) is 11.1. The van der Waals surface area contributed by atoms with E-state index >= 15 is 0 Å². The van der Waals surface area contributed by atoms with E-state index in [0.29, 0.717) is 35.7 Å². The standard InChI is InChI=1S/C14H17N3O2/c1-3-19-14(18)13-9(2)16-17-12(13)8-10-6-4-5-7-11(10)15/h4-7H,3,8,15H2,1-2H3,(H,16,17). The summed E-state index contributed by atoms with van der Waals surface area (Å²) in [7, 11) is 0. The zero-order valence-corrected chi connectivity index (χ0v) is 11.1. The molecule has 0 amide bonds. The van der Waals surface area contributed by atoms with Crippen molar-refractivity contribution in [1.29, 1.82) is 0 Å². The van der Waals surface area contributed by atoms with Gasteiger partial charge in [-0.15, -0.1) is 0 Å². The predicted octanol–water partition coefficient (Wildman–Crippen LogP) is 2.07. The van der Waals surface area contributed by atoms with Gasteiger partial charge in [-0.25, -0.2) is 4.79 Å². The predicted molar refractivity (Wildman–Crippen MR) is 72.9 cm³/mol. The molecular formula is C14H17N3O2. The van der Waals surface area contributed by atoms with E-state index < -0.39 is 0 Å². The van der Waals surface area contributed by atoms with Gasteiger partial charge in [0.2, 0.25) is 0 Å². The van der Waals surface area contributed by atoms with E-state index in [2.05, 4.69) is 10.2 Å². The van der Waals surface area contributed by atoms with Crippen LogP contribution in [-0.2, 0) is 11.2 Å². The second-order valence-corrected chi connectivity index (χ2v) is 4.27. The van der Waals surface area contributed by atoms with Crippen LogP contribution in [-0.4, -0.2) is 22.8 Å². The summed E-state index contributed by atoms with van der Waals surface area (Å²) in [6, 6.07) is 7.54. The van der Waals surface area contributed by atoms with Crippen molar-refractivity contribution in [3.8, 4) is 0 Å². The summed E-state index contributed by atoms with van der Waals surface area (Å²) in [5.74, 6) is -0.349. The number of hydrogen-bond donors (Lipinski definition) is 2. The number of hydrogen-bond acceptors (Lipinski definition) is 4. The van der Waals surface area contributed by atoms with Crippen LogP contribution in [0.3, 0.4) is 0 Å². The molecule has 0 unspecified atom stereocenters. The number of carbonyl (C=O) groups is 1. The van der Waals surface area contributed by atoms with Gasteiger partial charge in [-0.3, -0.25) is 5.10 Å². The first-order valence-corrected chi connectivity index (χ1v) is 6.17. The fraction of sp³-hybridized carbons (Fsp3) is 0.286. The number of carbonyl (C=O) groups excluding carboxylic acids is 1. The molecule has 2 aromatic rings. The Morgan fingerprint density at radius 2 is 2.16 bits per heavy atom. The van der Waals surface area contributed by atoms with Crippen LogP contribution in [0.4, 0.5) is 5.69 Å².